The monoisotopic (exact) mass is 300 g/mol. The first-order chi connectivity index (χ1) is 8.94. The van der Waals surface area contributed by atoms with Crippen molar-refractivity contribution in [3.8, 4) is 0 Å². The van der Waals surface area contributed by atoms with E-state index in [2.05, 4.69) is 4.72 Å². The largest absolute Gasteiger partial charge is 0.326 e. The minimum atomic E-state index is -3.74. The van der Waals surface area contributed by atoms with Gasteiger partial charge >= 0.3 is 0 Å². The summed E-state index contributed by atoms with van der Waals surface area (Å²) >= 11 is 1.28. The van der Waals surface area contributed by atoms with Crippen LogP contribution < -0.4 is 10.5 Å². The number of halogens is 1. The molecule has 1 heterocycles. The second kappa shape index (κ2) is 5.28. The minimum Gasteiger partial charge on any atom is -0.326 e. The molecule has 0 atom stereocenters. The van der Waals surface area contributed by atoms with Gasteiger partial charge in [-0.3, -0.25) is 4.72 Å². The molecule has 4 nitrogen and oxygen atoms in total. The van der Waals surface area contributed by atoms with Crippen LogP contribution in [0, 0.1) is 12.7 Å². The Morgan fingerprint density at radius 1 is 1.37 bits per heavy atom. The maximum absolute atomic E-state index is 13.2. The molecule has 0 amide bonds. The average molecular weight is 300 g/mol. The number of hydrogen-bond acceptors (Lipinski definition) is 4. The van der Waals surface area contributed by atoms with Crippen molar-refractivity contribution in [3.63, 3.8) is 0 Å². The van der Waals surface area contributed by atoms with Crippen molar-refractivity contribution < 1.29 is 12.8 Å². The number of nitrogens with one attached hydrogen (secondary N) is 1. The molecule has 0 aliphatic heterocycles. The molecule has 0 bridgehead atoms. The van der Waals surface area contributed by atoms with Crippen LogP contribution in [0.25, 0.3) is 0 Å². The lowest BCUT2D eigenvalue weighted by atomic mass is 10.2. The lowest BCUT2D eigenvalue weighted by Crippen LogP contribution is -2.15. The summed E-state index contributed by atoms with van der Waals surface area (Å²) < 4.78 is 40.0. The lowest BCUT2D eigenvalue weighted by Gasteiger charge is -2.10. The van der Waals surface area contributed by atoms with E-state index >= 15 is 0 Å². The third-order valence-corrected chi connectivity index (χ3v) is 5.15. The molecule has 7 heteroatoms. The number of nitrogens with two attached hydrogens (primary N) is 1. The molecule has 102 valence electrons. The summed E-state index contributed by atoms with van der Waals surface area (Å²) in [6.45, 7) is 1.85. The van der Waals surface area contributed by atoms with E-state index in [0.717, 1.165) is 6.07 Å². The fourth-order valence-electron chi connectivity index (χ4n) is 1.62. The third kappa shape index (κ3) is 2.94. The van der Waals surface area contributed by atoms with Gasteiger partial charge < -0.3 is 5.73 Å². The molecular weight excluding hydrogens is 287 g/mol. The summed E-state index contributed by atoms with van der Waals surface area (Å²) in [7, 11) is -3.74. The highest BCUT2D eigenvalue weighted by atomic mass is 32.2. The van der Waals surface area contributed by atoms with E-state index in [0.29, 0.717) is 10.4 Å². The highest BCUT2D eigenvalue weighted by Gasteiger charge is 2.20. The van der Waals surface area contributed by atoms with Gasteiger partial charge in [-0.05, 0) is 36.1 Å². The molecule has 19 heavy (non-hydrogen) atoms. The number of sulfonamides is 1. The zero-order chi connectivity index (χ0) is 14.0. The Hall–Kier alpha value is -1.44. The number of anilines is 1. The van der Waals surface area contributed by atoms with Crippen molar-refractivity contribution in [2.75, 3.05) is 4.72 Å². The van der Waals surface area contributed by atoms with Gasteiger partial charge in [0.25, 0.3) is 10.0 Å². The van der Waals surface area contributed by atoms with Gasteiger partial charge in [0.05, 0.1) is 5.69 Å². The second-order valence-corrected chi connectivity index (χ2v) is 6.63. The van der Waals surface area contributed by atoms with E-state index in [9.17, 15) is 12.8 Å². The second-order valence-electron chi connectivity index (χ2n) is 3.98. The van der Waals surface area contributed by atoms with Crippen LogP contribution >= 0.6 is 11.3 Å². The number of thiophene rings is 1. The van der Waals surface area contributed by atoms with Gasteiger partial charge in [0.15, 0.2) is 0 Å². The maximum atomic E-state index is 13.2. The highest BCUT2D eigenvalue weighted by molar-refractivity contribution is 7.93. The molecule has 0 saturated heterocycles. The molecule has 0 radical (unpaired) electrons. The van der Waals surface area contributed by atoms with Crippen LogP contribution in [0.4, 0.5) is 10.1 Å². The van der Waals surface area contributed by atoms with Gasteiger partial charge in [0, 0.05) is 11.4 Å². The first-order valence-electron chi connectivity index (χ1n) is 5.49. The van der Waals surface area contributed by atoms with Crippen molar-refractivity contribution in [2.45, 2.75) is 18.4 Å². The van der Waals surface area contributed by atoms with Crippen LogP contribution in [0.5, 0.6) is 0 Å². The quantitative estimate of drug-likeness (QED) is 0.911. The summed E-state index contributed by atoms with van der Waals surface area (Å²) in [6, 6.07) is 5.44. The fraction of sp³-hybridized carbons (Fsp3) is 0.167. The zero-order valence-electron chi connectivity index (χ0n) is 10.2. The Morgan fingerprint density at radius 3 is 2.79 bits per heavy atom. The Bertz CT molecular complexity index is 696. The molecule has 3 N–H and O–H groups in total. The van der Waals surface area contributed by atoms with Gasteiger partial charge in [0.1, 0.15) is 10.7 Å². The predicted molar refractivity (Wildman–Crippen MR) is 74.2 cm³/mol. The summed E-state index contributed by atoms with van der Waals surface area (Å²) in [5, 5.41) is 1.66. The third-order valence-electron chi connectivity index (χ3n) is 2.62. The molecule has 0 fully saturated rings. The molecule has 0 spiro atoms. The Labute approximate surface area is 115 Å². The lowest BCUT2D eigenvalue weighted by molar-refractivity contribution is 0.600. The summed E-state index contributed by atoms with van der Waals surface area (Å²) in [4.78, 5) is 0.713. The van der Waals surface area contributed by atoms with Crippen LogP contribution in [-0.2, 0) is 16.6 Å². The van der Waals surface area contributed by atoms with Gasteiger partial charge in [0.2, 0.25) is 0 Å². The van der Waals surface area contributed by atoms with Gasteiger partial charge in [-0.2, -0.15) is 0 Å². The standard InChI is InChI=1S/C12H13FN2O2S2/c1-8-2-3-9(13)6-10(8)15-19(16,17)12-4-5-18-11(12)7-14/h2-6,15H,7,14H2,1H3. The number of benzene rings is 1. The SMILES string of the molecule is Cc1ccc(F)cc1NS(=O)(=O)c1ccsc1CN. The summed E-state index contributed by atoms with van der Waals surface area (Å²) in [5.74, 6) is -0.493. The fourth-order valence-corrected chi connectivity index (χ4v) is 4.08. The smallest absolute Gasteiger partial charge is 0.263 e. The van der Waals surface area contributed by atoms with E-state index in [4.69, 9.17) is 5.73 Å². The van der Waals surface area contributed by atoms with E-state index in [-0.39, 0.29) is 17.1 Å². The number of hydrogen-bond donors (Lipinski definition) is 2. The zero-order valence-corrected chi connectivity index (χ0v) is 11.8. The topological polar surface area (TPSA) is 72.2 Å². The molecule has 1 aromatic heterocycles. The van der Waals surface area contributed by atoms with Crippen molar-refractivity contribution in [1.29, 1.82) is 0 Å². The van der Waals surface area contributed by atoms with Crippen molar-refractivity contribution in [1.82, 2.24) is 0 Å². The Balaban J connectivity index is 2.39. The van der Waals surface area contributed by atoms with Crippen LogP contribution in [0.15, 0.2) is 34.5 Å². The molecule has 0 saturated carbocycles. The van der Waals surface area contributed by atoms with Crippen LogP contribution in [0.1, 0.15) is 10.4 Å². The van der Waals surface area contributed by atoms with Gasteiger partial charge in [-0.25, -0.2) is 12.8 Å². The average Bonchev–Trinajstić information content (AvgIpc) is 2.82. The van der Waals surface area contributed by atoms with Gasteiger partial charge in [-0.1, -0.05) is 6.07 Å². The van der Waals surface area contributed by atoms with E-state index in [1.54, 1.807) is 12.3 Å². The molecule has 0 unspecified atom stereocenters. The molecule has 1 aromatic carbocycles. The minimum absolute atomic E-state index is 0.142. The first kappa shape index (κ1) is 14.0. The predicted octanol–water partition coefficient (Wildman–Crippen LogP) is 2.46. The Morgan fingerprint density at radius 2 is 2.11 bits per heavy atom. The molecular formula is C12H13FN2O2S2. The van der Waals surface area contributed by atoms with Crippen molar-refractivity contribution in [3.05, 3.63) is 45.9 Å². The number of rotatable bonds is 4. The van der Waals surface area contributed by atoms with Gasteiger partial charge in [-0.15, -0.1) is 11.3 Å². The van der Waals surface area contributed by atoms with Crippen LogP contribution in [0.2, 0.25) is 0 Å². The summed E-state index contributed by atoms with van der Waals surface area (Å²) in [5.41, 5.74) is 6.38. The molecule has 2 aromatic rings. The first-order valence-corrected chi connectivity index (χ1v) is 7.86. The maximum Gasteiger partial charge on any atom is 0.263 e. The van der Waals surface area contributed by atoms with Crippen molar-refractivity contribution >= 4 is 27.0 Å². The number of aryl methyl sites for hydroxylation is 1. The van der Waals surface area contributed by atoms with Crippen LogP contribution in [-0.4, -0.2) is 8.42 Å². The van der Waals surface area contributed by atoms with E-state index < -0.39 is 15.8 Å². The normalized spacial score (nSPS) is 11.5. The van der Waals surface area contributed by atoms with E-state index in [1.165, 1.54) is 29.5 Å². The highest BCUT2D eigenvalue weighted by Crippen LogP contribution is 2.25. The van der Waals surface area contributed by atoms with Crippen molar-refractivity contribution in [2.24, 2.45) is 5.73 Å². The van der Waals surface area contributed by atoms with E-state index in [1.807, 2.05) is 0 Å². The molecule has 2 rings (SSSR count). The molecule has 0 aliphatic carbocycles. The molecule has 0 aliphatic rings. The Kier molecular flexibility index (Phi) is 3.88. The summed E-state index contributed by atoms with van der Waals surface area (Å²) in [6.07, 6.45) is 0. The van der Waals surface area contributed by atoms with Crippen LogP contribution in [0.3, 0.4) is 0 Å².